The standard InChI is InChI=1S/C11H14O2/c1-10(7-8-12)9-13-11-5-3-2-4-6-11/h2-6,8,10H,7,9H2,1H3. The molecule has 0 aromatic heterocycles. The maximum Gasteiger partial charge on any atom is 0.120 e. The molecule has 0 saturated heterocycles. The Morgan fingerprint density at radius 2 is 2.08 bits per heavy atom. The van der Waals surface area contributed by atoms with Crippen molar-refractivity contribution in [3.8, 4) is 5.75 Å². The Kier molecular flexibility index (Phi) is 4.03. The topological polar surface area (TPSA) is 26.3 Å². The van der Waals surface area contributed by atoms with Crippen LogP contribution in [0.25, 0.3) is 0 Å². The highest BCUT2D eigenvalue weighted by Crippen LogP contribution is 2.10. The van der Waals surface area contributed by atoms with Gasteiger partial charge in [0.15, 0.2) is 0 Å². The molecule has 0 radical (unpaired) electrons. The van der Waals surface area contributed by atoms with Gasteiger partial charge >= 0.3 is 0 Å². The van der Waals surface area contributed by atoms with E-state index in [4.69, 9.17) is 4.74 Å². The van der Waals surface area contributed by atoms with E-state index < -0.39 is 0 Å². The van der Waals surface area contributed by atoms with Gasteiger partial charge < -0.3 is 9.53 Å². The van der Waals surface area contributed by atoms with Gasteiger partial charge in [0.05, 0.1) is 6.61 Å². The predicted octanol–water partition coefficient (Wildman–Crippen LogP) is 2.29. The Morgan fingerprint density at radius 1 is 1.38 bits per heavy atom. The number of ether oxygens (including phenoxy) is 1. The molecule has 0 N–H and O–H groups in total. The van der Waals surface area contributed by atoms with Crippen molar-refractivity contribution in [2.45, 2.75) is 13.3 Å². The number of rotatable bonds is 5. The predicted molar refractivity (Wildman–Crippen MR) is 51.8 cm³/mol. The first kappa shape index (κ1) is 9.78. The summed E-state index contributed by atoms with van der Waals surface area (Å²) in [5.41, 5.74) is 0. The van der Waals surface area contributed by atoms with Crippen molar-refractivity contribution >= 4 is 6.29 Å². The maximum absolute atomic E-state index is 10.2. The van der Waals surface area contributed by atoms with Gasteiger partial charge in [-0.05, 0) is 18.1 Å². The second-order valence-corrected chi connectivity index (χ2v) is 3.13. The summed E-state index contributed by atoms with van der Waals surface area (Å²) in [6.07, 6.45) is 1.49. The van der Waals surface area contributed by atoms with Crippen molar-refractivity contribution in [3.05, 3.63) is 30.3 Å². The minimum Gasteiger partial charge on any atom is -0.493 e. The first-order valence-electron chi connectivity index (χ1n) is 4.44. The molecule has 0 saturated carbocycles. The molecule has 0 heterocycles. The van der Waals surface area contributed by atoms with Gasteiger partial charge in [-0.15, -0.1) is 0 Å². The van der Waals surface area contributed by atoms with Crippen LogP contribution in [0.1, 0.15) is 13.3 Å². The number of para-hydroxylation sites is 1. The largest absolute Gasteiger partial charge is 0.493 e. The number of aldehydes is 1. The summed E-state index contributed by atoms with van der Waals surface area (Å²) in [6.45, 7) is 2.60. The average molecular weight is 178 g/mol. The second kappa shape index (κ2) is 5.36. The smallest absolute Gasteiger partial charge is 0.120 e. The summed E-state index contributed by atoms with van der Waals surface area (Å²) in [6, 6.07) is 9.63. The van der Waals surface area contributed by atoms with Crippen LogP contribution in [-0.4, -0.2) is 12.9 Å². The summed E-state index contributed by atoms with van der Waals surface area (Å²) < 4.78 is 5.46. The Morgan fingerprint density at radius 3 is 2.69 bits per heavy atom. The molecule has 0 fully saturated rings. The van der Waals surface area contributed by atoms with Gasteiger partial charge in [-0.3, -0.25) is 0 Å². The van der Waals surface area contributed by atoms with Crippen LogP contribution in [-0.2, 0) is 4.79 Å². The molecule has 13 heavy (non-hydrogen) atoms. The summed E-state index contributed by atoms with van der Waals surface area (Å²) in [7, 11) is 0. The number of hydrogen-bond acceptors (Lipinski definition) is 2. The number of carbonyl (C=O) groups is 1. The molecular formula is C11H14O2. The van der Waals surface area contributed by atoms with E-state index in [2.05, 4.69) is 0 Å². The molecule has 1 unspecified atom stereocenters. The van der Waals surface area contributed by atoms with Crippen LogP contribution < -0.4 is 4.74 Å². The number of carbonyl (C=O) groups excluding carboxylic acids is 1. The van der Waals surface area contributed by atoms with Gasteiger partial charge in [0.2, 0.25) is 0 Å². The van der Waals surface area contributed by atoms with Gasteiger partial charge in [-0.1, -0.05) is 25.1 Å². The summed E-state index contributed by atoms with van der Waals surface area (Å²) in [5.74, 6) is 1.15. The van der Waals surface area contributed by atoms with Crippen LogP contribution in [0.5, 0.6) is 5.75 Å². The third-order valence-corrected chi connectivity index (χ3v) is 1.78. The van der Waals surface area contributed by atoms with Gasteiger partial charge in [-0.25, -0.2) is 0 Å². The highest BCUT2D eigenvalue weighted by Gasteiger charge is 2.01. The molecule has 0 spiro atoms. The van der Waals surface area contributed by atoms with E-state index in [0.29, 0.717) is 13.0 Å². The van der Waals surface area contributed by atoms with E-state index in [9.17, 15) is 4.79 Å². The Balaban J connectivity index is 2.30. The highest BCUT2D eigenvalue weighted by atomic mass is 16.5. The Bertz CT molecular complexity index is 244. The van der Waals surface area contributed by atoms with Gasteiger partial charge in [0.1, 0.15) is 12.0 Å². The molecule has 0 bridgehead atoms. The van der Waals surface area contributed by atoms with E-state index in [1.165, 1.54) is 0 Å². The monoisotopic (exact) mass is 178 g/mol. The lowest BCUT2D eigenvalue weighted by Gasteiger charge is -2.09. The second-order valence-electron chi connectivity index (χ2n) is 3.13. The van der Waals surface area contributed by atoms with Crippen LogP contribution in [0.2, 0.25) is 0 Å². The molecule has 0 aliphatic carbocycles. The van der Waals surface area contributed by atoms with E-state index in [1.54, 1.807) is 0 Å². The number of benzene rings is 1. The van der Waals surface area contributed by atoms with E-state index >= 15 is 0 Å². The minimum atomic E-state index is 0.290. The fraction of sp³-hybridized carbons (Fsp3) is 0.364. The molecule has 70 valence electrons. The Hall–Kier alpha value is -1.31. The van der Waals surface area contributed by atoms with Gasteiger partial charge in [0.25, 0.3) is 0 Å². The molecule has 0 amide bonds. The normalized spacial score (nSPS) is 12.1. The fourth-order valence-corrected chi connectivity index (χ4v) is 0.988. The fourth-order valence-electron chi connectivity index (χ4n) is 0.988. The lowest BCUT2D eigenvalue weighted by Crippen LogP contribution is -2.08. The molecule has 1 aromatic rings. The zero-order valence-corrected chi connectivity index (χ0v) is 7.77. The third kappa shape index (κ3) is 3.74. The van der Waals surface area contributed by atoms with E-state index in [-0.39, 0.29) is 5.92 Å². The quantitative estimate of drug-likeness (QED) is 0.646. The van der Waals surface area contributed by atoms with Crippen molar-refractivity contribution in [2.75, 3.05) is 6.61 Å². The number of hydrogen-bond donors (Lipinski definition) is 0. The summed E-state index contributed by atoms with van der Waals surface area (Å²) in [5, 5.41) is 0. The van der Waals surface area contributed by atoms with Crippen molar-refractivity contribution in [3.63, 3.8) is 0 Å². The lowest BCUT2D eigenvalue weighted by molar-refractivity contribution is -0.108. The van der Waals surface area contributed by atoms with Crippen LogP contribution >= 0.6 is 0 Å². The van der Waals surface area contributed by atoms with Crippen molar-refractivity contribution < 1.29 is 9.53 Å². The first-order valence-corrected chi connectivity index (χ1v) is 4.44. The summed E-state index contributed by atoms with van der Waals surface area (Å²) in [4.78, 5) is 10.2. The van der Waals surface area contributed by atoms with Crippen LogP contribution in [0.15, 0.2) is 30.3 Å². The van der Waals surface area contributed by atoms with Crippen molar-refractivity contribution in [1.82, 2.24) is 0 Å². The van der Waals surface area contributed by atoms with Crippen LogP contribution in [0.3, 0.4) is 0 Å². The Labute approximate surface area is 78.5 Å². The molecule has 1 atom stereocenters. The van der Waals surface area contributed by atoms with Crippen molar-refractivity contribution in [2.24, 2.45) is 5.92 Å². The SMILES string of the molecule is CC(CC=O)COc1ccccc1. The van der Waals surface area contributed by atoms with E-state index in [0.717, 1.165) is 12.0 Å². The van der Waals surface area contributed by atoms with Gasteiger partial charge in [0, 0.05) is 6.42 Å². The third-order valence-electron chi connectivity index (χ3n) is 1.78. The van der Waals surface area contributed by atoms with Crippen molar-refractivity contribution in [1.29, 1.82) is 0 Å². The lowest BCUT2D eigenvalue weighted by atomic mass is 10.1. The van der Waals surface area contributed by atoms with E-state index in [1.807, 2.05) is 37.3 Å². The molecule has 2 heteroatoms. The first-order chi connectivity index (χ1) is 6.33. The molecule has 2 nitrogen and oxygen atoms in total. The molecule has 0 aliphatic heterocycles. The van der Waals surface area contributed by atoms with Crippen LogP contribution in [0, 0.1) is 5.92 Å². The average Bonchev–Trinajstić information content (AvgIpc) is 2.17. The maximum atomic E-state index is 10.2. The highest BCUT2D eigenvalue weighted by molar-refractivity contribution is 5.49. The van der Waals surface area contributed by atoms with Crippen LogP contribution in [0.4, 0.5) is 0 Å². The molecule has 0 aliphatic rings. The molecule has 1 rings (SSSR count). The minimum absolute atomic E-state index is 0.290. The summed E-state index contributed by atoms with van der Waals surface area (Å²) >= 11 is 0. The molecule has 1 aromatic carbocycles. The zero-order valence-electron chi connectivity index (χ0n) is 7.77. The van der Waals surface area contributed by atoms with Gasteiger partial charge in [-0.2, -0.15) is 0 Å². The molecular weight excluding hydrogens is 164 g/mol. The zero-order chi connectivity index (χ0) is 9.52.